The molecule has 0 bridgehead atoms. The Labute approximate surface area is 187 Å². The molecule has 0 spiro atoms. The number of carbonyl (C=O) groups is 2. The van der Waals surface area contributed by atoms with Gasteiger partial charge < -0.3 is 14.6 Å². The minimum absolute atomic E-state index is 0.118. The molecule has 0 saturated heterocycles. The van der Waals surface area contributed by atoms with Gasteiger partial charge in [0.2, 0.25) is 5.91 Å². The van der Waals surface area contributed by atoms with Crippen LogP contribution in [0.15, 0.2) is 53.1 Å². The van der Waals surface area contributed by atoms with Crippen molar-refractivity contribution in [3.8, 4) is 11.5 Å². The summed E-state index contributed by atoms with van der Waals surface area (Å²) in [5.41, 5.74) is 2.13. The predicted octanol–water partition coefficient (Wildman–Crippen LogP) is 3.93. The molecule has 7 nitrogen and oxygen atoms in total. The summed E-state index contributed by atoms with van der Waals surface area (Å²) in [4.78, 5) is 29.0. The van der Waals surface area contributed by atoms with Gasteiger partial charge in [0.25, 0.3) is 5.91 Å². The van der Waals surface area contributed by atoms with Crippen LogP contribution in [0.25, 0.3) is 11.5 Å². The quantitative estimate of drug-likeness (QED) is 0.663. The van der Waals surface area contributed by atoms with E-state index in [9.17, 15) is 9.59 Å². The van der Waals surface area contributed by atoms with Gasteiger partial charge in [0.15, 0.2) is 5.76 Å². The van der Waals surface area contributed by atoms with E-state index in [1.165, 1.54) is 0 Å². The molecule has 1 aliphatic heterocycles. The van der Waals surface area contributed by atoms with E-state index in [-0.39, 0.29) is 17.9 Å². The number of rotatable bonds is 5. The van der Waals surface area contributed by atoms with E-state index in [0.29, 0.717) is 30.2 Å². The lowest BCUT2D eigenvalue weighted by atomic mass is 9.93. The van der Waals surface area contributed by atoms with Gasteiger partial charge in [-0.05, 0) is 49.9 Å². The highest BCUT2D eigenvalue weighted by Gasteiger charge is 2.48. The summed E-state index contributed by atoms with van der Waals surface area (Å²) in [6.07, 6.45) is 5.82. The number of amides is 2. The fourth-order valence-corrected chi connectivity index (χ4v) is 4.80. The predicted molar refractivity (Wildman–Crippen MR) is 120 cm³/mol. The molecule has 3 aromatic rings. The van der Waals surface area contributed by atoms with Crippen molar-refractivity contribution in [2.24, 2.45) is 0 Å². The van der Waals surface area contributed by atoms with Crippen LogP contribution in [0.1, 0.15) is 54.2 Å². The van der Waals surface area contributed by atoms with Crippen molar-refractivity contribution in [1.29, 1.82) is 0 Å². The fraction of sp³-hybridized carbons (Fsp3) is 0.400. The average Bonchev–Trinajstić information content (AvgIpc) is 3.53. The maximum absolute atomic E-state index is 13.7. The lowest BCUT2D eigenvalue weighted by Crippen LogP contribution is -2.64. The second-order valence-corrected chi connectivity index (χ2v) is 9.10. The van der Waals surface area contributed by atoms with Gasteiger partial charge in [-0.2, -0.15) is 5.10 Å². The number of aromatic nitrogens is 2. The number of nitrogens with one attached hydrogen (secondary N) is 1. The van der Waals surface area contributed by atoms with Crippen molar-refractivity contribution in [3.63, 3.8) is 0 Å². The first kappa shape index (κ1) is 20.5. The number of hydrogen-bond donors (Lipinski definition) is 1. The monoisotopic (exact) mass is 432 g/mol. The lowest BCUT2D eigenvalue weighted by molar-refractivity contribution is -0.134. The Hall–Kier alpha value is -3.35. The van der Waals surface area contributed by atoms with Gasteiger partial charge in [-0.25, -0.2) is 0 Å². The third kappa shape index (κ3) is 3.51. The minimum atomic E-state index is -1.05. The lowest BCUT2D eigenvalue weighted by Gasteiger charge is -2.44. The average molecular weight is 433 g/mol. The van der Waals surface area contributed by atoms with Gasteiger partial charge in [-0.15, -0.1) is 0 Å². The van der Waals surface area contributed by atoms with Crippen LogP contribution in [0.3, 0.4) is 0 Å². The minimum Gasteiger partial charge on any atom is -0.463 e. The van der Waals surface area contributed by atoms with Crippen LogP contribution in [0.5, 0.6) is 0 Å². The van der Waals surface area contributed by atoms with E-state index in [1.54, 1.807) is 28.0 Å². The first-order chi connectivity index (χ1) is 15.5. The summed E-state index contributed by atoms with van der Waals surface area (Å²) in [7, 11) is 0. The van der Waals surface area contributed by atoms with E-state index in [2.05, 4.69) is 10.4 Å². The topological polar surface area (TPSA) is 80.4 Å². The zero-order valence-corrected chi connectivity index (χ0v) is 18.5. The molecule has 2 aromatic heterocycles. The fourth-order valence-electron chi connectivity index (χ4n) is 4.80. The molecule has 3 heterocycles. The van der Waals surface area contributed by atoms with E-state index >= 15 is 0 Å². The van der Waals surface area contributed by atoms with Crippen molar-refractivity contribution in [2.75, 3.05) is 0 Å². The van der Waals surface area contributed by atoms with Crippen LogP contribution in [-0.4, -0.2) is 38.1 Å². The third-order valence-electron chi connectivity index (χ3n) is 6.84. The van der Waals surface area contributed by atoms with Crippen LogP contribution in [0, 0.1) is 6.92 Å². The highest BCUT2D eigenvalue weighted by atomic mass is 16.3. The molecule has 32 heavy (non-hydrogen) atoms. The number of fused-ring (bicyclic) bond motifs is 1. The van der Waals surface area contributed by atoms with Gasteiger partial charge in [0, 0.05) is 18.7 Å². The number of carbonyl (C=O) groups excluding carboxylic acids is 2. The second-order valence-electron chi connectivity index (χ2n) is 9.10. The number of furan rings is 1. The molecular weight excluding hydrogens is 404 g/mol. The Kier molecular flexibility index (Phi) is 5.12. The van der Waals surface area contributed by atoms with Gasteiger partial charge >= 0.3 is 0 Å². The summed E-state index contributed by atoms with van der Waals surface area (Å²) in [6.45, 7) is 4.53. The van der Waals surface area contributed by atoms with Crippen LogP contribution in [0.2, 0.25) is 0 Å². The van der Waals surface area contributed by atoms with E-state index in [4.69, 9.17) is 4.42 Å². The van der Waals surface area contributed by atoms with Gasteiger partial charge in [0.1, 0.15) is 16.9 Å². The summed E-state index contributed by atoms with van der Waals surface area (Å²) in [6, 6.07) is 13.5. The molecular formula is C25H28N4O3. The third-order valence-corrected chi connectivity index (χ3v) is 6.84. The Balaban J connectivity index is 1.53. The normalized spacial score (nSPS) is 21.1. The maximum atomic E-state index is 13.7. The molecule has 2 amide bonds. The first-order valence-corrected chi connectivity index (χ1v) is 11.2. The molecule has 1 saturated carbocycles. The summed E-state index contributed by atoms with van der Waals surface area (Å²) < 4.78 is 7.13. The maximum Gasteiger partial charge on any atom is 0.273 e. The molecule has 0 unspecified atom stereocenters. The van der Waals surface area contributed by atoms with Gasteiger partial charge in [-0.3, -0.25) is 14.3 Å². The molecule has 7 heteroatoms. The summed E-state index contributed by atoms with van der Waals surface area (Å²) in [5.74, 6) is 0.281. The Morgan fingerprint density at radius 1 is 1.22 bits per heavy atom. The largest absolute Gasteiger partial charge is 0.463 e. The Morgan fingerprint density at radius 2 is 2.00 bits per heavy atom. The standard InChI is InChI=1S/C25H28N4O3/c1-17-8-3-4-9-18(17)15-28-23(30)21-14-20(22-12-7-13-32-22)27-29(21)16-25(28,2)24(31)26-19-10-5-6-11-19/h3-4,7-9,12-14,19H,5-6,10-11,15-16H2,1-2H3,(H,26,31)/t25-/m0/s1. The molecule has 1 N–H and O–H groups in total. The Morgan fingerprint density at radius 3 is 2.72 bits per heavy atom. The SMILES string of the molecule is Cc1ccccc1CN1C(=O)c2cc(-c3ccco3)nn2C[C@@]1(C)C(=O)NC1CCCC1. The zero-order chi connectivity index (χ0) is 22.3. The number of nitrogens with zero attached hydrogens (tertiary/aromatic N) is 3. The van der Waals surface area contributed by atoms with Gasteiger partial charge in [0.05, 0.1) is 12.8 Å². The smallest absolute Gasteiger partial charge is 0.273 e. The van der Waals surface area contributed by atoms with Crippen molar-refractivity contribution < 1.29 is 14.0 Å². The summed E-state index contributed by atoms with van der Waals surface area (Å²) in [5, 5.41) is 7.82. The summed E-state index contributed by atoms with van der Waals surface area (Å²) >= 11 is 0. The highest BCUT2D eigenvalue weighted by molar-refractivity contribution is 6.00. The molecule has 166 valence electrons. The second kappa shape index (κ2) is 7.97. The zero-order valence-electron chi connectivity index (χ0n) is 18.5. The molecule has 5 rings (SSSR count). The van der Waals surface area contributed by atoms with Crippen LogP contribution in [0.4, 0.5) is 0 Å². The number of aryl methyl sites for hydroxylation is 1. The molecule has 1 atom stereocenters. The number of hydrogen-bond acceptors (Lipinski definition) is 4. The van der Waals surface area contributed by atoms with E-state index in [1.807, 2.05) is 44.2 Å². The van der Waals surface area contributed by atoms with Crippen LogP contribution in [-0.2, 0) is 17.9 Å². The molecule has 2 aliphatic rings. The highest BCUT2D eigenvalue weighted by Crippen LogP contribution is 2.32. The van der Waals surface area contributed by atoms with Crippen molar-refractivity contribution >= 4 is 11.8 Å². The molecule has 1 fully saturated rings. The van der Waals surface area contributed by atoms with Gasteiger partial charge in [-0.1, -0.05) is 37.1 Å². The molecule has 1 aliphatic carbocycles. The van der Waals surface area contributed by atoms with Crippen molar-refractivity contribution in [2.45, 2.75) is 64.2 Å². The van der Waals surface area contributed by atoms with Crippen LogP contribution >= 0.6 is 0 Å². The number of benzene rings is 1. The van der Waals surface area contributed by atoms with E-state index < -0.39 is 5.54 Å². The molecule has 1 aromatic carbocycles. The van der Waals surface area contributed by atoms with Crippen molar-refractivity contribution in [3.05, 3.63) is 65.5 Å². The van der Waals surface area contributed by atoms with Crippen LogP contribution < -0.4 is 5.32 Å². The van der Waals surface area contributed by atoms with Crippen molar-refractivity contribution in [1.82, 2.24) is 20.0 Å². The Bertz CT molecular complexity index is 1140. The molecule has 0 radical (unpaired) electrons. The van der Waals surface area contributed by atoms with E-state index in [0.717, 1.165) is 36.8 Å². The first-order valence-electron chi connectivity index (χ1n) is 11.2.